The molecule has 0 bridgehead atoms. The van der Waals surface area contributed by atoms with Gasteiger partial charge in [0.25, 0.3) is 0 Å². The zero-order valence-electron chi connectivity index (χ0n) is 9.32. The van der Waals surface area contributed by atoms with E-state index in [2.05, 4.69) is 15.6 Å². The smallest absolute Gasteiger partial charge is 0.112 e. The van der Waals surface area contributed by atoms with Gasteiger partial charge in [0.05, 0.1) is 0 Å². The zero-order chi connectivity index (χ0) is 10.7. The van der Waals surface area contributed by atoms with E-state index in [1.54, 1.807) is 0 Å². The van der Waals surface area contributed by atoms with Gasteiger partial charge in [0.1, 0.15) is 5.82 Å². The largest absolute Gasteiger partial charge is 0.338 e. The van der Waals surface area contributed by atoms with Gasteiger partial charge in [0, 0.05) is 31.9 Å². The second-order valence-electron chi connectivity index (χ2n) is 4.37. The van der Waals surface area contributed by atoms with Crippen LogP contribution in [-0.4, -0.2) is 15.6 Å². The summed E-state index contributed by atoms with van der Waals surface area (Å²) in [7, 11) is 2.04. The van der Waals surface area contributed by atoms with Crippen LogP contribution in [0.4, 0.5) is 0 Å². The Morgan fingerprint density at radius 3 is 3.13 bits per heavy atom. The van der Waals surface area contributed by atoms with Crippen molar-refractivity contribution in [3.05, 3.63) is 29.9 Å². The Morgan fingerprint density at radius 2 is 2.40 bits per heavy atom. The molecule has 1 aromatic rings. The number of rotatable bonds is 2. The molecule has 0 saturated carbocycles. The molecule has 0 saturated heterocycles. The van der Waals surface area contributed by atoms with Gasteiger partial charge in [-0.15, -0.1) is 0 Å². The number of hydrogen-bond donors (Lipinski definition) is 1. The third kappa shape index (κ3) is 2.69. The number of nitrogens with zero attached hydrogens (tertiary/aromatic N) is 2. The monoisotopic (exact) mass is 205 g/mol. The minimum Gasteiger partial charge on any atom is -0.338 e. The third-order valence-corrected chi connectivity index (χ3v) is 3.04. The molecule has 0 aliphatic heterocycles. The maximum absolute atomic E-state index is 5.99. The summed E-state index contributed by atoms with van der Waals surface area (Å²) >= 11 is 0. The molecule has 0 aromatic carbocycles. The van der Waals surface area contributed by atoms with E-state index in [9.17, 15) is 0 Å². The van der Waals surface area contributed by atoms with Crippen LogP contribution in [0.1, 0.15) is 31.5 Å². The maximum Gasteiger partial charge on any atom is 0.112 e. The van der Waals surface area contributed by atoms with Crippen molar-refractivity contribution < 1.29 is 0 Å². The fourth-order valence-corrected chi connectivity index (χ4v) is 2.12. The lowest BCUT2D eigenvalue weighted by atomic mass is 10.1. The van der Waals surface area contributed by atoms with E-state index >= 15 is 0 Å². The Balaban J connectivity index is 2.07. The number of aromatic nitrogens is 2. The van der Waals surface area contributed by atoms with E-state index < -0.39 is 0 Å². The lowest BCUT2D eigenvalue weighted by Gasteiger charge is -2.06. The van der Waals surface area contributed by atoms with Crippen LogP contribution in [0, 0.1) is 0 Å². The SMILES string of the molecule is Cn1ccnc1CC1=CC(N)CCCC1. The normalized spacial score (nSPS) is 22.3. The predicted molar refractivity (Wildman–Crippen MR) is 61.4 cm³/mol. The molecule has 0 fully saturated rings. The van der Waals surface area contributed by atoms with E-state index in [-0.39, 0.29) is 6.04 Å². The van der Waals surface area contributed by atoms with Gasteiger partial charge in [-0.05, 0) is 19.3 Å². The summed E-state index contributed by atoms with van der Waals surface area (Å²) in [5.74, 6) is 1.13. The molecule has 3 nitrogen and oxygen atoms in total. The Hall–Kier alpha value is -1.09. The van der Waals surface area contributed by atoms with Crippen molar-refractivity contribution in [1.29, 1.82) is 0 Å². The molecule has 1 aromatic heterocycles. The summed E-state index contributed by atoms with van der Waals surface area (Å²) in [5.41, 5.74) is 7.44. The topological polar surface area (TPSA) is 43.8 Å². The third-order valence-electron chi connectivity index (χ3n) is 3.04. The summed E-state index contributed by atoms with van der Waals surface area (Å²) in [4.78, 5) is 4.35. The number of hydrogen-bond acceptors (Lipinski definition) is 2. The van der Waals surface area contributed by atoms with Gasteiger partial charge in [-0.25, -0.2) is 4.98 Å². The summed E-state index contributed by atoms with van der Waals surface area (Å²) in [6.45, 7) is 0. The molecule has 2 N–H and O–H groups in total. The van der Waals surface area contributed by atoms with E-state index in [1.165, 1.54) is 24.8 Å². The average Bonchev–Trinajstić information content (AvgIpc) is 2.48. The van der Waals surface area contributed by atoms with Crippen LogP contribution in [0.15, 0.2) is 24.0 Å². The Labute approximate surface area is 91.0 Å². The minimum atomic E-state index is 0.253. The summed E-state index contributed by atoms with van der Waals surface area (Å²) in [6.07, 6.45) is 11.9. The molecule has 15 heavy (non-hydrogen) atoms. The number of allylic oxidation sites excluding steroid dienone is 1. The van der Waals surface area contributed by atoms with Crippen molar-refractivity contribution >= 4 is 0 Å². The Bertz CT molecular complexity index is 352. The van der Waals surface area contributed by atoms with Gasteiger partial charge < -0.3 is 10.3 Å². The molecule has 2 rings (SSSR count). The molecular formula is C12H19N3. The first-order valence-electron chi connectivity index (χ1n) is 5.67. The highest BCUT2D eigenvalue weighted by atomic mass is 15.0. The van der Waals surface area contributed by atoms with Crippen LogP contribution in [0.5, 0.6) is 0 Å². The van der Waals surface area contributed by atoms with E-state index in [1.807, 2.05) is 19.4 Å². The van der Waals surface area contributed by atoms with Gasteiger partial charge in [-0.1, -0.05) is 18.1 Å². The second kappa shape index (κ2) is 4.62. The molecule has 1 aliphatic rings. The van der Waals surface area contributed by atoms with Crippen LogP contribution in [0.3, 0.4) is 0 Å². The zero-order valence-corrected chi connectivity index (χ0v) is 9.32. The summed E-state index contributed by atoms with van der Waals surface area (Å²) in [5, 5.41) is 0. The predicted octanol–water partition coefficient (Wildman–Crippen LogP) is 1.79. The number of nitrogens with two attached hydrogens (primary N) is 1. The van der Waals surface area contributed by atoms with Crippen molar-refractivity contribution in [3.63, 3.8) is 0 Å². The van der Waals surface area contributed by atoms with E-state index in [4.69, 9.17) is 5.73 Å². The van der Waals surface area contributed by atoms with Crippen molar-refractivity contribution in [2.45, 2.75) is 38.1 Å². The van der Waals surface area contributed by atoms with Gasteiger partial charge in [0.2, 0.25) is 0 Å². The van der Waals surface area contributed by atoms with E-state index in [0.717, 1.165) is 18.7 Å². The van der Waals surface area contributed by atoms with Crippen LogP contribution >= 0.6 is 0 Å². The van der Waals surface area contributed by atoms with Crippen LogP contribution in [0.25, 0.3) is 0 Å². The van der Waals surface area contributed by atoms with E-state index in [0.29, 0.717) is 0 Å². The maximum atomic E-state index is 5.99. The molecule has 0 spiro atoms. The highest BCUT2D eigenvalue weighted by molar-refractivity contribution is 5.14. The second-order valence-corrected chi connectivity index (χ2v) is 4.37. The lowest BCUT2D eigenvalue weighted by Crippen LogP contribution is -2.16. The van der Waals surface area contributed by atoms with Crippen molar-refractivity contribution in [3.8, 4) is 0 Å². The standard InChI is InChI=1S/C12H19N3/c1-15-7-6-14-12(15)9-10-4-2-3-5-11(13)8-10/h6-8,11H,2-5,9,13H2,1H3. The highest BCUT2D eigenvalue weighted by Gasteiger charge is 2.10. The molecule has 82 valence electrons. The number of aryl methyl sites for hydroxylation is 1. The summed E-state index contributed by atoms with van der Waals surface area (Å²) < 4.78 is 2.08. The molecule has 1 unspecified atom stereocenters. The number of imidazole rings is 1. The van der Waals surface area contributed by atoms with Gasteiger partial charge >= 0.3 is 0 Å². The highest BCUT2D eigenvalue weighted by Crippen LogP contribution is 2.19. The molecule has 0 amide bonds. The van der Waals surface area contributed by atoms with Gasteiger partial charge in [-0.2, -0.15) is 0 Å². The fraction of sp³-hybridized carbons (Fsp3) is 0.583. The van der Waals surface area contributed by atoms with Crippen LogP contribution in [0.2, 0.25) is 0 Å². The molecule has 1 heterocycles. The van der Waals surface area contributed by atoms with Crippen molar-refractivity contribution in [1.82, 2.24) is 9.55 Å². The van der Waals surface area contributed by atoms with Crippen molar-refractivity contribution in [2.75, 3.05) is 0 Å². The molecule has 1 atom stereocenters. The molecule has 3 heteroatoms. The molecular weight excluding hydrogens is 186 g/mol. The minimum absolute atomic E-state index is 0.253. The fourth-order valence-electron chi connectivity index (χ4n) is 2.12. The van der Waals surface area contributed by atoms with Crippen LogP contribution < -0.4 is 5.73 Å². The molecule has 0 radical (unpaired) electrons. The lowest BCUT2D eigenvalue weighted by molar-refractivity contribution is 0.653. The van der Waals surface area contributed by atoms with Gasteiger partial charge in [0.15, 0.2) is 0 Å². The summed E-state index contributed by atoms with van der Waals surface area (Å²) in [6, 6.07) is 0.253. The van der Waals surface area contributed by atoms with Crippen molar-refractivity contribution in [2.24, 2.45) is 12.8 Å². The quantitative estimate of drug-likeness (QED) is 0.748. The Kier molecular flexibility index (Phi) is 3.21. The molecule has 1 aliphatic carbocycles. The Morgan fingerprint density at radius 1 is 1.53 bits per heavy atom. The average molecular weight is 205 g/mol. The first-order valence-corrected chi connectivity index (χ1v) is 5.67. The van der Waals surface area contributed by atoms with Gasteiger partial charge in [-0.3, -0.25) is 0 Å². The first-order chi connectivity index (χ1) is 7.25. The first kappa shape index (κ1) is 10.4. The van der Waals surface area contributed by atoms with Crippen LogP contribution in [-0.2, 0) is 13.5 Å².